The van der Waals surface area contributed by atoms with Gasteiger partial charge in [0, 0.05) is 43.8 Å². The van der Waals surface area contributed by atoms with Gasteiger partial charge in [-0.1, -0.05) is 0 Å². The molecule has 1 aromatic carbocycles. The number of nitriles is 1. The number of likely N-dealkylation sites (tertiary alicyclic amines) is 1. The Morgan fingerprint density at radius 3 is 2.82 bits per heavy atom. The largest absolute Gasteiger partial charge is 0.494 e. The number of carbonyl (C=O) groups is 1. The molecule has 6 rings (SSSR count). The van der Waals surface area contributed by atoms with Gasteiger partial charge < -0.3 is 18.8 Å². The van der Waals surface area contributed by atoms with Crippen molar-refractivity contribution in [3.8, 4) is 23.3 Å². The van der Waals surface area contributed by atoms with E-state index in [1.165, 1.54) is 12.8 Å². The van der Waals surface area contributed by atoms with Gasteiger partial charge in [-0.05, 0) is 49.1 Å². The van der Waals surface area contributed by atoms with Crippen LogP contribution in [-0.4, -0.2) is 50.1 Å². The summed E-state index contributed by atoms with van der Waals surface area (Å²) in [5.74, 6) is 1.94. The number of fused-ring (bicyclic) bond motifs is 2. The fraction of sp³-hybridized carbons (Fsp3) is 0.360. The van der Waals surface area contributed by atoms with Gasteiger partial charge in [0.15, 0.2) is 5.82 Å². The highest BCUT2D eigenvalue weighted by Crippen LogP contribution is 2.37. The van der Waals surface area contributed by atoms with Gasteiger partial charge in [-0.2, -0.15) is 5.26 Å². The molecule has 0 unspecified atom stereocenters. The van der Waals surface area contributed by atoms with Gasteiger partial charge in [-0.25, -0.2) is 9.97 Å². The molecule has 1 aliphatic heterocycles. The molecule has 4 heterocycles. The first-order valence-electron chi connectivity index (χ1n) is 11.3. The average Bonchev–Trinajstić information content (AvgIpc) is 3.46. The first-order chi connectivity index (χ1) is 16.1. The zero-order valence-electron chi connectivity index (χ0n) is 18.7. The summed E-state index contributed by atoms with van der Waals surface area (Å²) >= 11 is 0. The van der Waals surface area contributed by atoms with Crippen molar-refractivity contribution < 1.29 is 9.53 Å². The number of aryl methyl sites for hydroxylation is 1. The molecule has 1 saturated heterocycles. The molecule has 1 saturated carbocycles. The molecule has 0 bridgehead atoms. The lowest BCUT2D eigenvalue weighted by Gasteiger charge is -2.35. The number of carbonyl (C=O) groups excluding carboxylic acids is 1. The zero-order chi connectivity index (χ0) is 22.7. The number of rotatable bonds is 5. The van der Waals surface area contributed by atoms with E-state index in [4.69, 9.17) is 15.0 Å². The topological polar surface area (TPSA) is 89.0 Å². The maximum atomic E-state index is 13.0. The van der Waals surface area contributed by atoms with Gasteiger partial charge in [-0.15, -0.1) is 0 Å². The van der Waals surface area contributed by atoms with Crippen LogP contribution in [0.25, 0.3) is 33.6 Å². The van der Waals surface area contributed by atoms with Crippen LogP contribution in [-0.2, 0) is 13.6 Å². The van der Waals surface area contributed by atoms with Gasteiger partial charge in [-0.3, -0.25) is 4.79 Å². The summed E-state index contributed by atoms with van der Waals surface area (Å²) in [6, 6.07) is 12.0. The molecule has 0 N–H and O–H groups in total. The van der Waals surface area contributed by atoms with Crippen LogP contribution in [0.4, 0.5) is 0 Å². The Kier molecular flexibility index (Phi) is 4.40. The lowest BCUT2D eigenvalue weighted by molar-refractivity contribution is 0.0577. The molecular weight excluding hydrogens is 416 g/mol. The second-order valence-corrected chi connectivity index (χ2v) is 9.08. The van der Waals surface area contributed by atoms with Crippen molar-refractivity contribution in [3.63, 3.8) is 0 Å². The molecule has 4 aromatic rings. The van der Waals surface area contributed by atoms with Crippen LogP contribution < -0.4 is 4.74 Å². The fourth-order valence-electron chi connectivity index (χ4n) is 4.74. The summed E-state index contributed by atoms with van der Waals surface area (Å²) in [7, 11) is 3.59. The van der Waals surface area contributed by atoms with E-state index in [1.807, 2.05) is 29.9 Å². The quantitative estimate of drug-likeness (QED) is 0.473. The summed E-state index contributed by atoms with van der Waals surface area (Å²) in [6.45, 7) is 1.86. The zero-order valence-corrected chi connectivity index (χ0v) is 18.7. The summed E-state index contributed by atoms with van der Waals surface area (Å²) in [6.07, 6.45) is 4.33. The number of imidazole rings is 1. The highest BCUT2D eigenvalue weighted by molar-refractivity contribution is 6.00. The summed E-state index contributed by atoms with van der Waals surface area (Å²) in [5.41, 5.74) is 4.08. The van der Waals surface area contributed by atoms with E-state index in [1.54, 1.807) is 18.1 Å². The molecule has 2 fully saturated rings. The van der Waals surface area contributed by atoms with Gasteiger partial charge in [0.25, 0.3) is 5.91 Å². The Balaban J connectivity index is 1.48. The van der Waals surface area contributed by atoms with Crippen LogP contribution in [0.2, 0.25) is 0 Å². The molecule has 0 spiro atoms. The molecule has 1 aliphatic carbocycles. The fourth-order valence-corrected chi connectivity index (χ4v) is 4.74. The normalized spacial score (nSPS) is 16.2. The van der Waals surface area contributed by atoms with Gasteiger partial charge >= 0.3 is 0 Å². The Labute approximate surface area is 191 Å². The van der Waals surface area contributed by atoms with Crippen molar-refractivity contribution in [2.75, 3.05) is 20.2 Å². The minimum Gasteiger partial charge on any atom is -0.494 e. The first-order valence-corrected chi connectivity index (χ1v) is 11.3. The first kappa shape index (κ1) is 19.8. The van der Waals surface area contributed by atoms with E-state index in [0.29, 0.717) is 35.8 Å². The van der Waals surface area contributed by atoms with Crippen molar-refractivity contribution in [1.82, 2.24) is 24.0 Å². The summed E-state index contributed by atoms with van der Waals surface area (Å²) in [4.78, 5) is 24.3. The van der Waals surface area contributed by atoms with Crippen LogP contribution in [0.3, 0.4) is 0 Å². The standard InChI is InChI=1S/C25H24N6O2/c1-29-22-19(8-18(10-21(22)33-2)25(32)30-12-16(11-26)13-30)28-24(29)20-9-17-4-3-7-27-23(17)31(20)14-15-5-6-15/h3-4,7-10,15-16H,5-6,12-14H2,1-2H3. The average molecular weight is 441 g/mol. The Bertz CT molecular complexity index is 1450. The number of methoxy groups -OCH3 is 1. The van der Waals surface area contributed by atoms with Crippen LogP contribution >= 0.6 is 0 Å². The third-order valence-electron chi connectivity index (χ3n) is 6.77. The minimum absolute atomic E-state index is 0.0805. The summed E-state index contributed by atoms with van der Waals surface area (Å²) in [5, 5.41) is 10.1. The number of hydrogen-bond donors (Lipinski definition) is 0. The number of hydrogen-bond acceptors (Lipinski definition) is 5. The van der Waals surface area contributed by atoms with E-state index in [-0.39, 0.29) is 11.8 Å². The lowest BCUT2D eigenvalue weighted by Crippen LogP contribution is -2.49. The van der Waals surface area contributed by atoms with E-state index in [0.717, 1.165) is 34.6 Å². The second-order valence-electron chi connectivity index (χ2n) is 9.08. The van der Waals surface area contributed by atoms with Crippen molar-refractivity contribution in [2.24, 2.45) is 18.9 Å². The van der Waals surface area contributed by atoms with E-state index in [2.05, 4.69) is 27.8 Å². The molecule has 3 aromatic heterocycles. The van der Waals surface area contributed by atoms with Crippen LogP contribution in [0.15, 0.2) is 36.5 Å². The SMILES string of the molecule is COc1cc(C(=O)N2CC(C#N)C2)cc2nc(-c3cc4cccnc4n3CC3CC3)n(C)c12. The monoisotopic (exact) mass is 440 g/mol. The number of pyridine rings is 1. The van der Waals surface area contributed by atoms with Crippen molar-refractivity contribution >= 4 is 28.0 Å². The maximum absolute atomic E-state index is 13.0. The molecule has 0 radical (unpaired) electrons. The molecular formula is C25H24N6O2. The van der Waals surface area contributed by atoms with E-state index in [9.17, 15) is 4.79 Å². The predicted molar refractivity (Wildman–Crippen MR) is 124 cm³/mol. The molecule has 8 nitrogen and oxygen atoms in total. The Morgan fingerprint density at radius 2 is 2.09 bits per heavy atom. The molecule has 8 heteroatoms. The third-order valence-corrected chi connectivity index (χ3v) is 6.77. The minimum atomic E-state index is -0.0963. The number of benzene rings is 1. The van der Waals surface area contributed by atoms with Gasteiger partial charge in [0.2, 0.25) is 0 Å². The third kappa shape index (κ3) is 3.15. The van der Waals surface area contributed by atoms with Crippen LogP contribution in [0.5, 0.6) is 5.75 Å². The predicted octanol–water partition coefficient (Wildman–Crippen LogP) is 3.60. The highest BCUT2D eigenvalue weighted by Gasteiger charge is 2.32. The van der Waals surface area contributed by atoms with Crippen molar-refractivity contribution in [2.45, 2.75) is 19.4 Å². The molecule has 0 atom stereocenters. The molecule has 33 heavy (non-hydrogen) atoms. The number of ether oxygens (including phenoxy) is 1. The molecule has 2 aliphatic rings. The number of aromatic nitrogens is 4. The number of nitrogens with zero attached hydrogens (tertiary/aromatic N) is 6. The van der Waals surface area contributed by atoms with E-state index >= 15 is 0 Å². The number of amides is 1. The van der Waals surface area contributed by atoms with Gasteiger partial charge in [0.1, 0.15) is 16.9 Å². The van der Waals surface area contributed by atoms with Gasteiger partial charge in [0.05, 0.1) is 30.3 Å². The lowest BCUT2D eigenvalue weighted by atomic mass is 10.0. The molecule has 1 amide bonds. The van der Waals surface area contributed by atoms with E-state index < -0.39 is 0 Å². The van der Waals surface area contributed by atoms with Crippen molar-refractivity contribution in [1.29, 1.82) is 5.26 Å². The Morgan fingerprint density at radius 1 is 1.27 bits per heavy atom. The van der Waals surface area contributed by atoms with Crippen LogP contribution in [0.1, 0.15) is 23.2 Å². The second kappa shape index (κ2) is 7.34. The van der Waals surface area contributed by atoms with Crippen LogP contribution in [0, 0.1) is 23.2 Å². The smallest absolute Gasteiger partial charge is 0.254 e. The highest BCUT2D eigenvalue weighted by atomic mass is 16.5. The molecule has 166 valence electrons. The summed E-state index contributed by atoms with van der Waals surface area (Å²) < 4.78 is 9.99. The maximum Gasteiger partial charge on any atom is 0.254 e. The van der Waals surface area contributed by atoms with Crippen molar-refractivity contribution in [3.05, 3.63) is 42.1 Å². The Hall–Kier alpha value is -3.86.